The summed E-state index contributed by atoms with van der Waals surface area (Å²) in [6, 6.07) is 17.1. The second-order valence-corrected chi connectivity index (χ2v) is 5.73. The molecule has 132 valence electrons. The van der Waals surface area contributed by atoms with Gasteiger partial charge in [0.15, 0.2) is 5.76 Å². The predicted octanol–water partition coefficient (Wildman–Crippen LogP) is 3.59. The van der Waals surface area contributed by atoms with E-state index in [1.165, 1.54) is 6.26 Å². The third-order valence-electron chi connectivity index (χ3n) is 3.49. The molecule has 3 rings (SSSR count). The summed E-state index contributed by atoms with van der Waals surface area (Å²) < 4.78 is 10.8. The van der Waals surface area contributed by atoms with Gasteiger partial charge in [0.25, 0.3) is 5.91 Å². The Hall–Kier alpha value is -3.25. The van der Waals surface area contributed by atoms with Crippen molar-refractivity contribution in [2.75, 3.05) is 0 Å². The van der Waals surface area contributed by atoms with Crippen LogP contribution in [0.25, 0.3) is 0 Å². The first-order chi connectivity index (χ1) is 12.6. The van der Waals surface area contributed by atoms with Crippen molar-refractivity contribution in [1.82, 2.24) is 10.9 Å². The molecule has 0 atom stereocenters. The van der Waals surface area contributed by atoms with Crippen molar-refractivity contribution in [2.45, 2.75) is 6.61 Å². The number of amides is 2. The van der Waals surface area contributed by atoms with Gasteiger partial charge in [-0.05, 0) is 42.5 Å². The number of carbonyl (C=O) groups excluding carboxylic acids is 2. The van der Waals surface area contributed by atoms with Gasteiger partial charge in [0.05, 0.1) is 6.26 Å². The molecular formula is C19H15ClN2O4. The number of hydrogen-bond acceptors (Lipinski definition) is 4. The smallest absolute Gasteiger partial charge is 0.305 e. The van der Waals surface area contributed by atoms with Crippen LogP contribution in [0.4, 0.5) is 0 Å². The zero-order chi connectivity index (χ0) is 18.4. The van der Waals surface area contributed by atoms with E-state index in [1.807, 2.05) is 30.3 Å². The monoisotopic (exact) mass is 370 g/mol. The van der Waals surface area contributed by atoms with Crippen molar-refractivity contribution in [2.24, 2.45) is 0 Å². The molecule has 7 heteroatoms. The van der Waals surface area contributed by atoms with Gasteiger partial charge in [0.1, 0.15) is 12.4 Å². The SMILES string of the molecule is O=C(NNC(=O)c1occc1COc1ccccc1)c1ccc(Cl)cc1. The summed E-state index contributed by atoms with van der Waals surface area (Å²) in [6.45, 7) is 0.161. The van der Waals surface area contributed by atoms with Gasteiger partial charge in [-0.1, -0.05) is 29.8 Å². The van der Waals surface area contributed by atoms with E-state index in [9.17, 15) is 9.59 Å². The normalized spacial score (nSPS) is 10.2. The fourth-order valence-electron chi connectivity index (χ4n) is 2.17. The Labute approximate surface area is 154 Å². The summed E-state index contributed by atoms with van der Waals surface area (Å²) in [6.07, 6.45) is 1.39. The van der Waals surface area contributed by atoms with Crippen molar-refractivity contribution in [1.29, 1.82) is 0 Å². The zero-order valence-corrected chi connectivity index (χ0v) is 14.3. The minimum atomic E-state index is -0.580. The van der Waals surface area contributed by atoms with Crippen molar-refractivity contribution < 1.29 is 18.7 Å². The third kappa shape index (κ3) is 4.43. The minimum absolute atomic E-state index is 0.0670. The van der Waals surface area contributed by atoms with Crippen LogP contribution in [0, 0.1) is 0 Å². The van der Waals surface area contributed by atoms with E-state index in [0.717, 1.165) is 0 Å². The van der Waals surface area contributed by atoms with Crippen LogP contribution in [0.15, 0.2) is 71.3 Å². The highest BCUT2D eigenvalue weighted by molar-refractivity contribution is 6.30. The number of furan rings is 1. The molecule has 26 heavy (non-hydrogen) atoms. The Balaban J connectivity index is 1.57. The Kier molecular flexibility index (Phi) is 5.56. The van der Waals surface area contributed by atoms with Gasteiger partial charge in [0.2, 0.25) is 0 Å². The third-order valence-corrected chi connectivity index (χ3v) is 3.74. The lowest BCUT2D eigenvalue weighted by Crippen LogP contribution is -2.41. The van der Waals surface area contributed by atoms with E-state index < -0.39 is 11.8 Å². The van der Waals surface area contributed by atoms with Crippen molar-refractivity contribution in [3.8, 4) is 5.75 Å². The standard InChI is InChI=1S/C19H15ClN2O4/c20-15-8-6-13(7-9-15)18(23)21-22-19(24)17-14(10-11-25-17)12-26-16-4-2-1-3-5-16/h1-11H,12H2,(H,21,23)(H,22,24). The molecule has 0 unspecified atom stereocenters. The molecule has 2 N–H and O–H groups in total. The van der Waals surface area contributed by atoms with Crippen LogP contribution in [0.2, 0.25) is 5.02 Å². The van der Waals surface area contributed by atoms with Crippen LogP contribution < -0.4 is 15.6 Å². The number of rotatable bonds is 5. The molecule has 1 heterocycles. The molecule has 6 nitrogen and oxygen atoms in total. The van der Waals surface area contributed by atoms with Crippen LogP contribution in [-0.2, 0) is 6.61 Å². The molecule has 0 fully saturated rings. The van der Waals surface area contributed by atoms with Gasteiger partial charge in [-0.2, -0.15) is 0 Å². The minimum Gasteiger partial charge on any atom is -0.489 e. The molecular weight excluding hydrogens is 356 g/mol. The summed E-state index contributed by atoms with van der Waals surface area (Å²) in [4.78, 5) is 24.2. The summed E-state index contributed by atoms with van der Waals surface area (Å²) in [5, 5.41) is 0.518. The molecule has 1 aromatic heterocycles. The van der Waals surface area contributed by atoms with Crippen LogP contribution in [0.1, 0.15) is 26.5 Å². The van der Waals surface area contributed by atoms with Crippen LogP contribution in [0.3, 0.4) is 0 Å². The summed E-state index contributed by atoms with van der Waals surface area (Å²) in [5.41, 5.74) is 5.57. The Bertz CT molecular complexity index is 891. The number of halogens is 1. The lowest BCUT2D eigenvalue weighted by molar-refractivity contribution is 0.0829. The first-order valence-electron chi connectivity index (χ1n) is 7.74. The first kappa shape index (κ1) is 17.6. The highest BCUT2D eigenvalue weighted by atomic mass is 35.5. The fourth-order valence-corrected chi connectivity index (χ4v) is 2.30. The molecule has 0 bridgehead atoms. The molecule has 0 spiro atoms. The van der Waals surface area contributed by atoms with Gasteiger partial charge in [0, 0.05) is 16.1 Å². The number of ether oxygens (including phenoxy) is 1. The van der Waals surface area contributed by atoms with Gasteiger partial charge >= 0.3 is 5.91 Å². The number of hydrazine groups is 1. The highest BCUT2D eigenvalue weighted by Crippen LogP contribution is 2.15. The summed E-state index contributed by atoms with van der Waals surface area (Å²) in [5.74, 6) is -0.305. The lowest BCUT2D eigenvalue weighted by atomic mass is 10.2. The van der Waals surface area contributed by atoms with Crippen molar-refractivity contribution in [3.63, 3.8) is 0 Å². The van der Waals surface area contributed by atoms with E-state index in [-0.39, 0.29) is 12.4 Å². The first-order valence-corrected chi connectivity index (χ1v) is 8.12. The Morgan fingerprint density at radius 2 is 1.62 bits per heavy atom. The second-order valence-electron chi connectivity index (χ2n) is 5.29. The van der Waals surface area contributed by atoms with E-state index >= 15 is 0 Å². The van der Waals surface area contributed by atoms with Gasteiger partial charge < -0.3 is 9.15 Å². The van der Waals surface area contributed by atoms with Crippen molar-refractivity contribution in [3.05, 3.63) is 88.8 Å². The quantitative estimate of drug-likeness (QED) is 0.672. The number of benzene rings is 2. The number of para-hydroxylation sites is 1. The van der Waals surface area contributed by atoms with Crippen LogP contribution in [-0.4, -0.2) is 11.8 Å². The number of carbonyl (C=O) groups is 2. The Morgan fingerprint density at radius 1 is 0.923 bits per heavy atom. The Morgan fingerprint density at radius 3 is 2.35 bits per heavy atom. The topological polar surface area (TPSA) is 80.6 Å². The molecule has 2 aromatic carbocycles. The van der Waals surface area contributed by atoms with E-state index in [1.54, 1.807) is 30.3 Å². The van der Waals surface area contributed by atoms with E-state index in [2.05, 4.69) is 10.9 Å². The molecule has 2 amide bonds. The number of nitrogens with one attached hydrogen (secondary N) is 2. The van der Waals surface area contributed by atoms with Gasteiger partial charge in [-0.15, -0.1) is 0 Å². The van der Waals surface area contributed by atoms with Crippen LogP contribution in [0.5, 0.6) is 5.75 Å². The molecule has 0 saturated heterocycles. The molecule has 0 aliphatic rings. The summed E-state index contributed by atoms with van der Waals surface area (Å²) in [7, 11) is 0. The summed E-state index contributed by atoms with van der Waals surface area (Å²) >= 11 is 5.78. The maximum Gasteiger partial charge on any atom is 0.305 e. The van der Waals surface area contributed by atoms with Gasteiger partial charge in [-0.25, -0.2) is 0 Å². The molecule has 0 saturated carbocycles. The number of hydrogen-bond donors (Lipinski definition) is 2. The molecule has 3 aromatic rings. The largest absolute Gasteiger partial charge is 0.489 e. The molecule has 0 radical (unpaired) electrons. The van der Waals surface area contributed by atoms with E-state index in [4.69, 9.17) is 20.8 Å². The second kappa shape index (κ2) is 8.22. The van der Waals surface area contributed by atoms with Crippen molar-refractivity contribution >= 4 is 23.4 Å². The average molecular weight is 371 g/mol. The van der Waals surface area contributed by atoms with Gasteiger partial charge in [-0.3, -0.25) is 20.4 Å². The average Bonchev–Trinajstić information content (AvgIpc) is 3.14. The fraction of sp³-hybridized carbons (Fsp3) is 0.0526. The zero-order valence-electron chi connectivity index (χ0n) is 13.6. The van der Waals surface area contributed by atoms with E-state index in [0.29, 0.717) is 21.9 Å². The molecule has 0 aliphatic carbocycles. The maximum atomic E-state index is 12.2. The highest BCUT2D eigenvalue weighted by Gasteiger charge is 2.17. The predicted molar refractivity (Wildman–Crippen MR) is 95.9 cm³/mol. The lowest BCUT2D eigenvalue weighted by Gasteiger charge is -2.08. The maximum absolute atomic E-state index is 12.2. The van der Waals surface area contributed by atoms with Crippen LogP contribution >= 0.6 is 11.6 Å². The molecule has 0 aliphatic heterocycles.